The first kappa shape index (κ1) is 16.4. The van der Waals surface area contributed by atoms with Gasteiger partial charge in [0.05, 0.1) is 11.6 Å². The fourth-order valence-electron chi connectivity index (χ4n) is 2.17. The Morgan fingerprint density at radius 1 is 1.19 bits per heavy atom. The molecule has 1 aromatic carbocycles. The van der Waals surface area contributed by atoms with Gasteiger partial charge in [-0.1, -0.05) is 23.2 Å². The summed E-state index contributed by atoms with van der Waals surface area (Å²) >= 11 is 11.6. The third kappa shape index (κ3) is 4.23. The van der Waals surface area contributed by atoms with Gasteiger partial charge in [-0.15, -0.1) is 0 Å². The molecule has 0 aliphatic carbocycles. The van der Waals surface area contributed by atoms with Crippen molar-refractivity contribution < 1.29 is 18.3 Å². The van der Waals surface area contributed by atoms with Gasteiger partial charge in [0.25, 0.3) is 0 Å². The number of anilines is 1. The van der Waals surface area contributed by atoms with Gasteiger partial charge in [-0.25, -0.2) is 0 Å². The highest BCUT2D eigenvalue weighted by atomic mass is 35.5. The summed E-state index contributed by atoms with van der Waals surface area (Å²) < 4.78 is 28.1. The van der Waals surface area contributed by atoms with Gasteiger partial charge in [0.1, 0.15) is 0 Å². The van der Waals surface area contributed by atoms with E-state index in [1.165, 1.54) is 22.5 Å². The van der Waals surface area contributed by atoms with Gasteiger partial charge < -0.3 is 5.11 Å². The zero-order valence-electron chi connectivity index (χ0n) is 10.9. The summed E-state index contributed by atoms with van der Waals surface area (Å²) in [6.07, 6.45) is 0.596. The first-order valence-electron chi connectivity index (χ1n) is 6.25. The number of halogens is 2. The summed E-state index contributed by atoms with van der Waals surface area (Å²) in [6.45, 7) is 0.335. The van der Waals surface area contributed by atoms with Crippen LogP contribution in [-0.2, 0) is 15.0 Å². The predicted octanol–water partition coefficient (Wildman–Crippen LogP) is 2.45. The Bertz CT molecular complexity index is 622. The highest BCUT2D eigenvalue weighted by Gasteiger charge is 2.31. The maximum absolute atomic E-state index is 12.2. The van der Waals surface area contributed by atoms with E-state index in [1.807, 2.05) is 0 Å². The fourth-order valence-corrected chi connectivity index (χ4v) is 3.93. The molecule has 6 nitrogen and oxygen atoms in total. The molecule has 1 aliphatic heterocycles. The third-order valence-corrected chi connectivity index (χ3v) is 5.23. The molecule has 0 saturated carbocycles. The van der Waals surface area contributed by atoms with Crippen molar-refractivity contribution in [1.29, 1.82) is 0 Å². The van der Waals surface area contributed by atoms with Crippen molar-refractivity contribution in [3.05, 3.63) is 28.2 Å². The maximum Gasteiger partial charge on any atom is 0.306 e. The van der Waals surface area contributed by atoms with E-state index >= 15 is 0 Å². The molecule has 1 saturated heterocycles. The van der Waals surface area contributed by atoms with Crippen LogP contribution in [0.3, 0.4) is 0 Å². The van der Waals surface area contributed by atoms with Crippen LogP contribution in [0.25, 0.3) is 0 Å². The van der Waals surface area contributed by atoms with Crippen LogP contribution in [0.5, 0.6) is 0 Å². The number of benzene rings is 1. The average Bonchev–Trinajstić information content (AvgIpc) is 2.37. The van der Waals surface area contributed by atoms with Gasteiger partial charge in [-0.3, -0.25) is 9.52 Å². The number of carboxylic acids is 1. The standard InChI is InChI=1S/C12H14Cl2N2O4S/c13-9-5-10(14)7-11(6-9)15-21(19,20)16-3-1-8(2-4-16)12(17)18/h5-8,15H,1-4H2,(H,17,18). The van der Waals surface area contributed by atoms with Gasteiger partial charge in [-0.05, 0) is 31.0 Å². The van der Waals surface area contributed by atoms with E-state index in [-0.39, 0.29) is 18.8 Å². The van der Waals surface area contributed by atoms with Crippen molar-refractivity contribution >= 4 is 45.1 Å². The van der Waals surface area contributed by atoms with Crippen LogP contribution >= 0.6 is 23.2 Å². The lowest BCUT2D eigenvalue weighted by atomic mass is 9.99. The van der Waals surface area contributed by atoms with E-state index in [0.717, 1.165) is 0 Å². The Kier molecular flexibility index (Phi) is 4.98. The molecule has 1 heterocycles. The quantitative estimate of drug-likeness (QED) is 0.871. The summed E-state index contributed by atoms with van der Waals surface area (Å²) in [5, 5.41) is 9.56. The smallest absolute Gasteiger partial charge is 0.306 e. The lowest BCUT2D eigenvalue weighted by Gasteiger charge is -2.29. The van der Waals surface area contributed by atoms with Crippen LogP contribution in [0.4, 0.5) is 5.69 Å². The number of hydrogen-bond acceptors (Lipinski definition) is 3. The van der Waals surface area contributed by atoms with Crippen molar-refractivity contribution in [2.24, 2.45) is 5.92 Å². The van der Waals surface area contributed by atoms with Gasteiger partial charge in [0, 0.05) is 23.1 Å². The zero-order valence-corrected chi connectivity index (χ0v) is 13.2. The average molecular weight is 353 g/mol. The molecule has 0 unspecified atom stereocenters. The highest BCUT2D eigenvalue weighted by Crippen LogP contribution is 2.25. The van der Waals surface area contributed by atoms with Crippen LogP contribution in [0.2, 0.25) is 10.0 Å². The number of carboxylic acid groups (broad SMARTS) is 1. The van der Waals surface area contributed by atoms with Gasteiger partial charge in [-0.2, -0.15) is 12.7 Å². The van der Waals surface area contributed by atoms with E-state index in [2.05, 4.69) is 4.72 Å². The van der Waals surface area contributed by atoms with E-state index < -0.39 is 22.1 Å². The van der Waals surface area contributed by atoms with Crippen molar-refractivity contribution in [2.45, 2.75) is 12.8 Å². The molecule has 0 radical (unpaired) electrons. The Balaban J connectivity index is 2.07. The minimum absolute atomic E-state index is 0.167. The van der Waals surface area contributed by atoms with E-state index in [9.17, 15) is 13.2 Å². The Labute approximate surface area is 132 Å². The van der Waals surface area contributed by atoms with Crippen molar-refractivity contribution in [2.75, 3.05) is 17.8 Å². The van der Waals surface area contributed by atoms with E-state index in [4.69, 9.17) is 28.3 Å². The van der Waals surface area contributed by atoms with Crippen LogP contribution < -0.4 is 4.72 Å². The predicted molar refractivity (Wildman–Crippen MR) is 80.9 cm³/mol. The van der Waals surface area contributed by atoms with Crippen LogP contribution in [-0.4, -0.2) is 36.9 Å². The Morgan fingerprint density at radius 2 is 1.71 bits per heavy atom. The molecule has 116 valence electrons. The molecular weight excluding hydrogens is 339 g/mol. The number of nitrogens with zero attached hydrogens (tertiary/aromatic N) is 1. The van der Waals surface area contributed by atoms with Crippen LogP contribution in [0.1, 0.15) is 12.8 Å². The van der Waals surface area contributed by atoms with Gasteiger partial charge >= 0.3 is 16.2 Å². The normalized spacial score (nSPS) is 17.6. The summed E-state index contributed by atoms with van der Waals surface area (Å²) in [5.41, 5.74) is 0.271. The van der Waals surface area contributed by atoms with Crippen LogP contribution in [0.15, 0.2) is 18.2 Å². The minimum Gasteiger partial charge on any atom is -0.481 e. The number of nitrogens with one attached hydrogen (secondary N) is 1. The fraction of sp³-hybridized carbons (Fsp3) is 0.417. The molecular formula is C12H14Cl2N2O4S. The van der Waals surface area contributed by atoms with Crippen molar-refractivity contribution in [3.63, 3.8) is 0 Å². The zero-order chi connectivity index (χ0) is 15.6. The van der Waals surface area contributed by atoms with E-state index in [1.54, 1.807) is 0 Å². The summed E-state index contributed by atoms with van der Waals surface area (Å²) in [6, 6.07) is 4.41. The molecule has 9 heteroatoms. The van der Waals surface area contributed by atoms with E-state index in [0.29, 0.717) is 22.9 Å². The molecule has 0 bridgehead atoms. The number of rotatable bonds is 4. The Hall–Kier alpha value is -1.02. The van der Waals surface area contributed by atoms with Gasteiger partial charge in [0.15, 0.2) is 0 Å². The third-order valence-electron chi connectivity index (χ3n) is 3.25. The van der Waals surface area contributed by atoms with Crippen LogP contribution in [0, 0.1) is 5.92 Å². The number of hydrogen-bond donors (Lipinski definition) is 2. The molecule has 0 aromatic heterocycles. The molecule has 1 fully saturated rings. The summed E-state index contributed by atoms with van der Waals surface area (Å²) in [7, 11) is -3.75. The first-order chi connectivity index (χ1) is 9.78. The summed E-state index contributed by atoms with van der Waals surface area (Å²) in [4.78, 5) is 10.9. The minimum atomic E-state index is -3.75. The number of piperidine rings is 1. The highest BCUT2D eigenvalue weighted by molar-refractivity contribution is 7.90. The number of carbonyl (C=O) groups is 1. The summed E-state index contributed by atoms with van der Waals surface area (Å²) in [5.74, 6) is -1.38. The Morgan fingerprint density at radius 3 is 2.19 bits per heavy atom. The second kappa shape index (κ2) is 6.39. The molecule has 1 aromatic rings. The first-order valence-corrected chi connectivity index (χ1v) is 8.44. The lowest BCUT2D eigenvalue weighted by molar-refractivity contribution is -0.142. The number of aliphatic carboxylic acids is 1. The molecule has 1 aliphatic rings. The topological polar surface area (TPSA) is 86.7 Å². The molecule has 2 rings (SSSR count). The molecule has 0 atom stereocenters. The second-order valence-electron chi connectivity index (χ2n) is 4.78. The maximum atomic E-state index is 12.2. The lowest BCUT2D eigenvalue weighted by Crippen LogP contribution is -2.42. The largest absolute Gasteiger partial charge is 0.481 e. The SMILES string of the molecule is O=C(O)C1CCN(S(=O)(=O)Nc2cc(Cl)cc(Cl)c2)CC1. The van der Waals surface area contributed by atoms with Crippen molar-refractivity contribution in [1.82, 2.24) is 4.31 Å². The molecule has 21 heavy (non-hydrogen) atoms. The second-order valence-corrected chi connectivity index (χ2v) is 7.32. The molecule has 0 amide bonds. The monoisotopic (exact) mass is 352 g/mol. The van der Waals surface area contributed by atoms with Gasteiger partial charge in [0.2, 0.25) is 0 Å². The molecule has 0 spiro atoms. The van der Waals surface area contributed by atoms with Crippen molar-refractivity contribution in [3.8, 4) is 0 Å². The molecule has 2 N–H and O–H groups in total.